The molecule has 1 aliphatic heterocycles. The molecule has 1 aliphatic rings. The minimum absolute atomic E-state index is 0.225. The second-order valence-corrected chi connectivity index (χ2v) is 4.52. The Morgan fingerprint density at radius 3 is 2.94 bits per heavy atom. The fourth-order valence-corrected chi connectivity index (χ4v) is 1.99. The molecular weight excluding hydrogens is 231 g/mol. The Bertz CT molecular complexity index is 462. The first-order chi connectivity index (χ1) is 8.65. The van der Waals surface area contributed by atoms with Crippen molar-refractivity contribution in [2.24, 2.45) is 0 Å². The molecule has 1 amide bonds. The van der Waals surface area contributed by atoms with Gasteiger partial charge >= 0.3 is 0 Å². The molecule has 0 unspecified atom stereocenters. The van der Waals surface area contributed by atoms with Crippen molar-refractivity contribution < 1.29 is 9.18 Å². The lowest BCUT2D eigenvalue weighted by Gasteiger charge is -2.14. The molecule has 0 radical (unpaired) electrons. The summed E-state index contributed by atoms with van der Waals surface area (Å²) in [4.78, 5) is 11.9. The van der Waals surface area contributed by atoms with Gasteiger partial charge in [-0.2, -0.15) is 0 Å². The van der Waals surface area contributed by atoms with Gasteiger partial charge in [0.25, 0.3) is 5.91 Å². The van der Waals surface area contributed by atoms with Crippen LogP contribution in [-0.4, -0.2) is 25.5 Å². The summed E-state index contributed by atoms with van der Waals surface area (Å²) in [6.07, 6.45) is 3.03. The molecule has 1 aromatic rings. The van der Waals surface area contributed by atoms with E-state index >= 15 is 0 Å². The van der Waals surface area contributed by atoms with Crippen LogP contribution in [0.3, 0.4) is 0 Å². The van der Waals surface area contributed by atoms with Crippen LogP contribution in [0.25, 0.3) is 0 Å². The maximum absolute atomic E-state index is 13.2. The van der Waals surface area contributed by atoms with Gasteiger partial charge in [0, 0.05) is 18.7 Å². The van der Waals surface area contributed by atoms with E-state index in [0.29, 0.717) is 12.1 Å². The lowest BCUT2D eigenvalue weighted by Crippen LogP contribution is -2.29. The molecule has 0 atom stereocenters. The van der Waals surface area contributed by atoms with Crippen molar-refractivity contribution in [1.29, 1.82) is 0 Å². The standard InChI is InChI=1S/C14H17FN2O/c1-10-6-12(8-13(15)7-10)14(18)17-9-11-2-4-16-5-3-11/h2,6-8,16H,3-5,9H2,1H3,(H,17,18). The quantitative estimate of drug-likeness (QED) is 0.801. The van der Waals surface area contributed by atoms with Gasteiger partial charge in [-0.1, -0.05) is 11.6 Å². The molecule has 2 rings (SSSR count). The average molecular weight is 248 g/mol. The molecule has 0 fully saturated rings. The highest BCUT2D eigenvalue weighted by atomic mass is 19.1. The van der Waals surface area contributed by atoms with Crippen LogP contribution in [0.4, 0.5) is 4.39 Å². The zero-order chi connectivity index (χ0) is 13.0. The number of hydrogen-bond acceptors (Lipinski definition) is 2. The number of carbonyl (C=O) groups excluding carboxylic acids is 1. The highest BCUT2D eigenvalue weighted by Gasteiger charge is 2.09. The van der Waals surface area contributed by atoms with Gasteiger partial charge in [-0.05, 0) is 43.7 Å². The number of hydrogen-bond donors (Lipinski definition) is 2. The number of carbonyl (C=O) groups is 1. The number of aryl methyl sites for hydroxylation is 1. The molecule has 96 valence electrons. The van der Waals surface area contributed by atoms with Crippen LogP contribution >= 0.6 is 0 Å². The molecule has 1 aromatic carbocycles. The largest absolute Gasteiger partial charge is 0.348 e. The first kappa shape index (κ1) is 12.8. The van der Waals surface area contributed by atoms with Crippen molar-refractivity contribution in [3.05, 3.63) is 46.8 Å². The highest BCUT2D eigenvalue weighted by Crippen LogP contribution is 2.09. The number of benzene rings is 1. The second-order valence-electron chi connectivity index (χ2n) is 4.52. The molecule has 3 nitrogen and oxygen atoms in total. The van der Waals surface area contributed by atoms with Gasteiger partial charge in [0.05, 0.1) is 0 Å². The van der Waals surface area contributed by atoms with Gasteiger partial charge < -0.3 is 10.6 Å². The Morgan fingerprint density at radius 2 is 2.28 bits per heavy atom. The van der Waals surface area contributed by atoms with Gasteiger partial charge in [-0.25, -0.2) is 4.39 Å². The maximum Gasteiger partial charge on any atom is 0.251 e. The van der Waals surface area contributed by atoms with E-state index in [-0.39, 0.29) is 11.7 Å². The van der Waals surface area contributed by atoms with Crippen molar-refractivity contribution >= 4 is 5.91 Å². The zero-order valence-electron chi connectivity index (χ0n) is 10.4. The molecule has 2 N–H and O–H groups in total. The summed E-state index contributed by atoms with van der Waals surface area (Å²) in [7, 11) is 0. The van der Waals surface area contributed by atoms with Crippen LogP contribution in [0.15, 0.2) is 29.8 Å². The van der Waals surface area contributed by atoms with Gasteiger partial charge in [0.2, 0.25) is 0 Å². The van der Waals surface area contributed by atoms with Crippen molar-refractivity contribution in [1.82, 2.24) is 10.6 Å². The van der Waals surface area contributed by atoms with Crippen molar-refractivity contribution in [3.63, 3.8) is 0 Å². The van der Waals surface area contributed by atoms with Gasteiger partial charge in [-0.15, -0.1) is 0 Å². The topological polar surface area (TPSA) is 41.1 Å². The van der Waals surface area contributed by atoms with Crippen LogP contribution in [0, 0.1) is 12.7 Å². The molecule has 0 saturated carbocycles. The Hall–Kier alpha value is -1.68. The van der Waals surface area contributed by atoms with E-state index in [9.17, 15) is 9.18 Å². The fourth-order valence-electron chi connectivity index (χ4n) is 1.99. The third-order valence-electron chi connectivity index (χ3n) is 2.94. The van der Waals surface area contributed by atoms with Crippen molar-refractivity contribution in [2.45, 2.75) is 13.3 Å². The van der Waals surface area contributed by atoms with Crippen molar-refractivity contribution in [2.75, 3.05) is 19.6 Å². The van der Waals surface area contributed by atoms with E-state index in [1.165, 1.54) is 17.7 Å². The summed E-state index contributed by atoms with van der Waals surface area (Å²) in [6.45, 7) is 4.11. The average Bonchev–Trinajstić information content (AvgIpc) is 2.36. The van der Waals surface area contributed by atoms with E-state index in [4.69, 9.17) is 0 Å². The zero-order valence-corrected chi connectivity index (χ0v) is 10.4. The van der Waals surface area contributed by atoms with Crippen LogP contribution in [0.1, 0.15) is 22.3 Å². The SMILES string of the molecule is Cc1cc(F)cc(C(=O)NCC2=CCNCC2)c1. The van der Waals surface area contributed by atoms with Gasteiger partial charge in [0.1, 0.15) is 5.82 Å². The van der Waals surface area contributed by atoms with Crippen LogP contribution in [0.2, 0.25) is 0 Å². The monoisotopic (exact) mass is 248 g/mol. The molecule has 0 spiro atoms. The van der Waals surface area contributed by atoms with E-state index in [0.717, 1.165) is 25.1 Å². The smallest absolute Gasteiger partial charge is 0.251 e. The third-order valence-corrected chi connectivity index (χ3v) is 2.94. The number of amides is 1. The first-order valence-electron chi connectivity index (χ1n) is 6.09. The number of nitrogens with one attached hydrogen (secondary N) is 2. The maximum atomic E-state index is 13.2. The summed E-state index contributed by atoms with van der Waals surface area (Å²) >= 11 is 0. The summed E-state index contributed by atoms with van der Waals surface area (Å²) in [6, 6.07) is 4.36. The Kier molecular flexibility index (Phi) is 4.10. The van der Waals surface area contributed by atoms with Gasteiger partial charge in [-0.3, -0.25) is 4.79 Å². The fraction of sp³-hybridized carbons (Fsp3) is 0.357. The second kappa shape index (κ2) is 5.78. The van der Waals surface area contributed by atoms with E-state index in [1.807, 2.05) is 0 Å². The lowest BCUT2D eigenvalue weighted by molar-refractivity contribution is 0.0956. The van der Waals surface area contributed by atoms with E-state index < -0.39 is 0 Å². The minimum atomic E-state index is -0.374. The number of rotatable bonds is 3. The highest BCUT2D eigenvalue weighted by molar-refractivity contribution is 5.94. The van der Waals surface area contributed by atoms with Crippen molar-refractivity contribution in [3.8, 4) is 0 Å². The predicted octanol–water partition coefficient (Wildman–Crippen LogP) is 1.78. The molecule has 0 bridgehead atoms. The first-order valence-corrected chi connectivity index (χ1v) is 6.09. The Balaban J connectivity index is 1.97. The molecule has 0 aliphatic carbocycles. The van der Waals surface area contributed by atoms with E-state index in [1.54, 1.807) is 13.0 Å². The van der Waals surface area contributed by atoms with Crippen LogP contribution in [-0.2, 0) is 0 Å². The summed E-state index contributed by atoms with van der Waals surface area (Å²) < 4.78 is 13.2. The van der Waals surface area contributed by atoms with Crippen LogP contribution in [0.5, 0.6) is 0 Å². The van der Waals surface area contributed by atoms with Crippen LogP contribution < -0.4 is 10.6 Å². The summed E-state index contributed by atoms with van der Waals surface area (Å²) in [5, 5.41) is 6.03. The molecule has 18 heavy (non-hydrogen) atoms. The van der Waals surface area contributed by atoms with Gasteiger partial charge in [0.15, 0.2) is 0 Å². The Labute approximate surface area is 106 Å². The molecular formula is C14H17FN2O. The normalized spacial score (nSPS) is 15.1. The molecule has 0 aromatic heterocycles. The molecule has 4 heteroatoms. The molecule has 1 heterocycles. The molecule has 0 saturated heterocycles. The third kappa shape index (κ3) is 3.40. The number of halogens is 1. The predicted molar refractivity (Wildman–Crippen MR) is 69.0 cm³/mol. The lowest BCUT2D eigenvalue weighted by atomic mass is 10.1. The Morgan fingerprint density at radius 1 is 1.44 bits per heavy atom. The summed E-state index contributed by atoms with van der Waals surface area (Å²) in [5.41, 5.74) is 2.35. The minimum Gasteiger partial charge on any atom is -0.348 e. The summed E-state index contributed by atoms with van der Waals surface area (Å²) in [5.74, 6) is -0.599. The van der Waals surface area contributed by atoms with E-state index in [2.05, 4.69) is 16.7 Å².